The summed E-state index contributed by atoms with van der Waals surface area (Å²) in [5.41, 5.74) is 0. The molecule has 7 heteroatoms. The number of anilines is 1. The van der Waals surface area contributed by atoms with Crippen LogP contribution in [0.25, 0.3) is 0 Å². The van der Waals surface area contributed by atoms with Crippen LogP contribution in [0.2, 0.25) is 0 Å². The van der Waals surface area contributed by atoms with Gasteiger partial charge in [0.25, 0.3) is 5.95 Å². The Labute approximate surface area is 99.3 Å². The average Bonchev–Trinajstić information content (AvgIpc) is 2.79. The van der Waals surface area contributed by atoms with Gasteiger partial charge < -0.3 is 5.32 Å². The molecule has 0 aliphatic carbocycles. The fourth-order valence-electron chi connectivity index (χ4n) is 1.26. The van der Waals surface area contributed by atoms with Crippen LogP contribution in [0, 0.1) is 17.6 Å². The smallest absolute Gasteiger partial charge is 0.251 e. The van der Waals surface area contributed by atoms with Gasteiger partial charge in [0, 0.05) is 17.6 Å². The maximum atomic E-state index is 13.3. The lowest BCUT2D eigenvalue weighted by molar-refractivity contribution is 0.465. The van der Waals surface area contributed by atoms with E-state index in [1.807, 2.05) is 0 Å². The monoisotopic (exact) mass is 259 g/mol. The lowest BCUT2D eigenvalue weighted by atomic mass is 10.3. The first kappa shape index (κ1) is 11.8. The molecule has 0 aliphatic rings. The van der Waals surface area contributed by atoms with Gasteiger partial charge in [-0.1, -0.05) is 0 Å². The first-order chi connectivity index (χ1) is 8.08. The summed E-state index contributed by atoms with van der Waals surface area (Å²) in [5, 5.41) is 5.11. The third-order valence-corrected chi connectivity index (χ3v) is 3.02. The molecule has 2 rings (SSSR count). The van der Waals surface area contributed by atoms with E-state index in [0.717, 1.165) is 0 Å². The van der Waals surface area contributed by atoms with E-state index in [1.165, 1.54) is 11.3 Å². The standard InChI is InChI=1S/C10H8F3N3S/c1-5(10-14-2-3-17-10)15-9-7(12)4-6(11)8(13)16-9/h2-5H,1H3,(H,15,16). The molecule has 1 N–H and O–H groups in total. The molecule has 0 spiro atoms. The fourth-order valence-corrected chi connectivity index (χ4v) is 1.91. The predicted octanol–water partition coefficient (Wildman–Crippen LogP) is 3.13. The van der Waals surface area contributed by atoms with Crippen molar-refractivity contribution in [2.45, 2.75) is 13.0 Å². The van der Waals surface area contributed by atoms with Crippen molar-refractivity contribution in [3.63, 3.8) is 0 Å². The largest absolute Gasteiger partial charge is 0.359 e. The highest BCUT2D eigenvalue weighted by Crippen LogP contribution is 2.22. The summed E-state index contributed by atoms with van der Waals surface area (Å²) in [6, 6.07) is 0.126. The molecule has 0 aromatic carbocycles. The summed E-state index contributed by atoms with van der Waals surface area (Å²) < 4.78 is 38.8. The highest BCUT2D eigenvalue weighted by molar-refractivity contribution is 7.09. The van der Waals surface area contributed by atoms with Gasteiger partial charge in [0.05, 0.1) is 6.04 Å². The molecule has 2 aromatic heterocycles. The van der Waals surface area contributed by atoms with Crippen molar-refractivity contribution in [2.24, 2.45) is 0 Å². The average molecular weight is 259 g/mol. The fraction of sp³-hybridized carbons (Fsp3) is 0.200. The quantitative estimate of drug-likeness (QED) is 0.860. The molecule has 2 aromatic rings. The molecular formula is C10H8F3N3S. The van der Waals surface area contributed by atoms with E-state index in [4.69, 9.17) is 0 Å². The Morgan fingerprint density at radius 1 is 1.29 bits per heavy atom. The highest BCUT2D eigenvalue weighted by Gasteiger charge is 2.15. The number of nitrogens with zero attached hydrogens (tertiary/aromatic N) is 2. The number of aromatic nitrogens is 2. The van der Waals surface area contributed by atoms with Gasteiger partial charge in [0.2, 0.25) is 0 Å². The van der Waals surface area contributed by atoms with Crippen LogP contribution in [0.5, 0.6) is 0 Å². The summed E-state index contributed by atoms with van der Waals surface area (Å²) in [4.78, 5) is 7.19. The summed E-state index contributed by atoms with van der Waals surface area (Å²) in [5.74, 6) is -3.91. The van der Waals surface area contributed by atoms with Crippen LogP contribution in [0.3, 0.4) is 0 Å². The zero-order chi connectivity index (χ0) is 12.4. The minimum Gasteiger partial charge on any atom is -0.359 e. The van der Waals surface area contributed by atoms with Crippen LogP contribution in [-0.2, 0) is 0 Å². The molecule has 0 saturated carbocycles. The van der Waals surface area contributed by atoms with Gasteiger partial charge in [0.1, 0.15) is 5.01 Å². The Morgan fingerprint density at radius 3 is 2.71 bits per heavy atom. The molecule has 2 heterocycles. The second-order valence-corrected chi connectivity index (χ2v) is 4.25. The second-order valence-electron chi connectivity index (χ2n) is 3.33. The lowest BCUT2D eigenvalue weighted by Crippen LogP contribution is -2.10. The Balaban J connectivity index is 2.22. The van der Waals surface area contributed by atoms with Crippen molar-refractivity contribution in [2.75, 3.05) is 5.32 Å². The summed E-state index contributed by atoms with van der Waals surface area (Å²) in [6.07, 6.45) is 1.60. The highest BCUT2D eigenvalue weighted by atomic mass is 32.1. The molecule has 0 fully saturated rings. The van der Waals surface area contributed by atoms with Gasteiger partial charge in [-0.2, -0.15) is 9.37 Å². The Kier molecular flexibility index (Phi) is 3.28. The number of rotatable bonds is 3. The minimum absolute atomic E-state index is 0.327. The Hall–Kier alpha value is -1.63. The number of pyridine rings is 1. The van der Waals surface area contributed by atoms with E-state index in [-0.39, 0.29) is 11.9 Å². The van der Waals surface area contributed by atoms with Crippen molar-refractivity contribution in [3.05, 3.63) is 40.2 Å². The van der Waals surface area contributed by atoms with Crippen molar-refractivity contribution >= 4 is 17.2 Å². The van der Waals surface area contributed by atoms with E-state index in [0.29, 0.717) is 11.1 Å². The van der Waals surface area contributed by atoms with E-state index < -0.39 is 17.6 Å². The summed E-state index contributed by atoms with van der Waals surface area (Å²) >= 11 is 1.37. The van der Waals surface area contributed by atoms with Crippen molar-refractivity contribution in [1.82, 2.24) is 9.97 Å². The van der Waals surface area contributed by atoms with Crippen LogP contribution in [0.1, 0.15) is 18.0 Å². The maximum Gasteiger partial charge on any atom is 0.251 e. The number of hydrogen-bond acceptors (Lipinski definition) is 4. The number of nitrogens with one attached hydrogen (secondary N) is 1. The summed E-state index contributed by atoms with van der Waals surface area (Å²) in [7, 11) is 0. The van der Waals surface area contributed by atoms with Gasteiger partial charge in [-0.3, -0.25) is 0 Å². The number of thiazole rings is 1. The predicted molar refractivity (Wildman–Crippen MR) is 58.3 cm³/mol. The van der Waals surface area contributed by atoms with Crippen molar-refractivity contribution in [1.29, 1.82) is 0 Å². The molecule has 0 aliphatic heterocycles. The number of hydrogen-bond donors (Lipinski definition) is 1. The Morgan fingerprint density at radius 2 is 2.06 bits per heavy atom. The normalized spacial score (nSPS) is 12.5. The van der Waals surface area contributed by atoms with Crippen LogP contribution in [-0.4, -0.2) is 9.97 Å². The van der Waals surface area contributed by atoms with Crippen LogP contribution in [0.15, 0.2) is 17.6 Å². The van der Waals surface area contributed by atoms with E-state index in [1.54, 1.807) is 18.5 Å². The molecular weight excluding hydrogens is 251 g/mol. The zero-order valence-corrected chi connectivity index (χ0v) is 9.56. The zero-order valence-electron chi connectivity index (χ0n) is 8.75. The molecule has 0 amide bonds. The third-order valence-electron chi connectivity index (χ3n) is 2.06. The van der Waals surface area contributed by atoms with E-state index in [9.17, 15) is 13.2 Å². The van der Waals surface area contributed by atoms with Gasteiger partial charge in [-0.15, -0.1) is 11.3 Å². The van der Waals surface area contributed by atoms with E-state index >= 15 is 0 Å². The third kappa shape index (κ3) is 2.55. The van der Waals surface area contributed by atoms with Crippen molar-refractivity contribution in [3.8, 4) is 0 Å². The molecule has 0 saturated heterocycles. The van der Waals surface area contributed by atoms with Gasteiger partial charge in [-0.05, 0) is 6.92 Å². The van der Waals surface area contributed by atoms with Crippen molar-refractivity contribution < 1.29 is 13.2 Å². The molecule has 90 valence electrons. The molecule has 3 nitrogen and oxygen atoms in total. The lowest BCUT2D eigenvalue weighted by Gasteiger charge is -2.12. The Bertz CT molecular complexity index is 516. The van der Waals surface area contributed by atoms with Gasteiger partial charge >= 0.3 is 0 Å². The van der Waals surface area contributed by atoms with Crippen LogP contribution in [0.4, 0.5) is 19.0 Å². The second kappa shape index (κ2) is 4.70. The summed E-state index contributed by atoms with van der Waals surface area (Å²) in [6.45, 7) is 1.72. The first-order valence-corrected chi connectivity index (χ1v) is 5.63. The van der Waals surface area contributed by atoms with Gasteiger partial charge in [0.15, 0.2) is 17.5 Å². The van der Waals surface area contributed by atoms with Gasteiger partial charge in [-0.25, -0.2) is 13.8 Å². The molecule has 0 radical (unpaired) electrons. The molecule has 1 atom stereocenters. The minimum atomic E-state index is -1.33. The SMILES string of the molecule is CC(Nc1nc(F)c(F)cc1F)c1nccs1. The topological polar surface area (TPSA) is 37.8 Å². The van der Waals surface area contributed by atoms with E-state index in [2.05, 4.69) is 15.3 Å². The first-order valence-electron chi connectivity index (χ1n) is 4.75. The maximum absolute atomic E-state index is 13.3. The molecule has 0 bridgehead atoms. The van der Waals surface area contributed by atoms with Crippen LogP contribution >= 0.6 is 11.3 Å². The molecule has 17 heavy (non-hydrogen) atoms. The molecule has 1 unspecified atom stereocenters. The number of halogens is 3. The van der Waals surface area contributed by atoms with Crippen LogP contribution < -0.4 is 5.32 Å².